The van der Waals surface area contributed by atoms with E-state index in [0.717, 1.165) is 11.8 Å². The number of rotatable bonds is 6. The topological polar surface area (TPSA) is 137 Å². The second-order valence-electron chi connectivity index (χ2n) is 5.84. The molecule has 0 spiro atoms. The first-order valence-electron chi connectivity index (χ1n) is 7.81. The molecule has 1 aromatic carbocycles. The SMILES string of the molecule is Cc1nc([N+](=O)[O-])cn1CC(=O)NC(C(=O)O)c1ccc2c(c1)CCO2. The van der Waals surface area contributed by atoms with Gasteiger partial charge in [-0.1, -0.05) is 6.07 Å². The van der Waals surface area contributed by atoms with Crippen molar-refractivity contribution in [3.05, 3.63) is 51.5 Å². The second-order valence-corrected chi connectivity index (χ2v) is 5.84. The molecule has 2 N–H and O–H groups in total. The van der Waals surface area contributed by atoms with Gasteiger partial charge in [-0.3, -0.25) is 9.36 Å². The van der Waals surface area contributed by atoms with Crippen LogP contribution < -0.4 is 10.1 Å². The van der Waals surface area contributed by atoms with E-state index in [1.165, 1.54) is 11.5 Å². The van der Waals surface area contributed by atoms with Gasteiger partial charge in [-0.2, -0.15) is 0 Å². The summed E-state index contributed by atoms with van der Waals surface area (Å²) in [5.74, 6) is -1.17. The second kappa shape index (κ2) is 6.82. The van der Waals surface area contributed by atoms with Crippen molar-refractivity contribution in [2.75, 3.05) is 6.61 Å². The lowest BCUT2D eigenvalue weighted by Gasteiger charge is -2.16. The molecule has 1 aromatic heterocycles. The van der Waals surface area contributed by atoms with Gasteiger partial charge in [-0.25, -0.2) is 4.79 Å². The van der Waals surface area contributed by atoms with Gasteiger partial charge in [-0.05, 0) is 33.2 Å². The molecule has 1 unspecified atom stereocenters. The highest BCUT2D eigenvalue weighted by Crippen LogP contribution is 2.28. The van der Waals surface area contributed by atoms with Crippen LogP contribution in [0.2, 0.25) is 0 Å². The van der Waals surface area contributed by atoms with E-state index >= 15 is 0 Å². The first-order chi connectivity index (χ1) is 12.3. The zero-order chi connectivity index (χ0) is 18.8. The van der Waals surface area contributed by atoms with Crippen molar-refractivity contribution < 1.29 is 24.4 Å². The molecule has 1 aliphatic heterocycles. The molecular weight excluding hydrogens is 344 g/mol. The number of nitrogens with zero attached hydrogens (tertiary/aromatic N) is 3. The van der Waals surface area contributed by atoms with E-state index < -0.39 is 22.8 Å². The van der Waals surface area contributed by atoms with Crippen LogP contribution in [0.15, 0.2) is 24.4 Å². The van der Waals surface area contributed by atoms with Crippen molar-refractivity contribution in [2.45, 2.75) is 25.9 Å². The van der Waals surface area contributed by atoms with Gasteiger partial charge in [0.2, 0.25) is 11.7 Å². The van der Waals surface area contributed by atoms with Crippen molar-refractivity contribution in [1.29, 1.82) is 0 Å². The number of imidazole rings is 1. The Bertz CT molecular complexity index is 891. The normalized spacial score (nSPS) is 13.6. The van der Waals surface area contributed by atoms with E-state index in [-0.39, 0.29) is 18.2 Å². The first-order valence-corrected chi connectivity index (χ1v) is 7.81. The van der Waals surface area contributed by atoms with Gasteiger partial charge < -0.3 is 25.3 Å². The highest BCUT2D eigenvalue weighted by atomic mass is 16.6. The van der Waals surface area contributed by atoms with Crippen LogP contribution >= 0.6 is 0 Å². The summed E-state index contributed by atoms with van der Waals surface area (Å²) in [7, 11) is 0. The van der Waals surface area contributed by atoms with Crippen molar-refractivity contribution in [3.8, 4) is 5.75 Å². The molecule has 2 aromatic rings. The Morgan fingerprint density at radius 1 is 1.50 bits per heavy atom. The van der Waals surface area contributed by atoms with E-state index in [1.807, 2.05) is 0 Å². The number of aryl methyl sites for hydroxylation is 1. The third-order valence-electron chi connectivity index (χ3n) is 4.06. The Kier molecular flexibility index (Phi) is 4.57. The van der Waals surface area contributed by atoms with Crippen LogP contribution in [-0.2, 0) is 22.6 Å². The lowest BCUT2D eigenvalue weighted by molar-refractivity contribution is -0.389. The summed E-state index contributed by atoms with van der Waals surface area (Å²) < 4.78 is 6.68. The first kappa shape index (κ1) is 17.4. The number of benzene rings is 1. The Morgan fingerprint density at radius 2 is 2.27 bits per heavy atom. The molecule has 0 radical (unpaired) electrons. The number of hydrogen-bond donors (Lipinski definition) is 2. The van der Waals surface area contributed by atoms with E-state index in [2.05, 4.69) is 10.3 Å². The highest BCUT2D eigenvalue weighted by Gasteiger charge is 2.25. The minimum atomic E-state index is -1.23. The maximum Gasteiger partial charge on any atom is 0.381 e. The Hall–Kier alpha value is -3.43. The summed E-state index contributed by atoms with van der Waals surface area (Å²) in [5, 5.41) is 22.6. The van der Waals surface area contributed by atoms with Crippen LogP contribution in [0.4, 0.5) is 5.82 Å². The molecule has 1 amide bonds. The lowest BCUT2D eigenvalue weighted by atomic mass is 10.0. The standard InChI is InChI=1S/C16H16N4O6/c1-9-17-13(20(24)25)7-19(9)8-14(21)18-15(16(22)23)11-2-3-12-10(6-11)4-5-26-12/h2-3,6-7,15H,4-5,8H2,1H3,(H,18,21)(H,22,23). The largest absolute Gasteiger partial charge is 0.493 e. The molecule has 0 bridgehead atoms. The Morgan fingerprint density at radius 3 is 2.92 bits per heavy atom. The Balaban J connectivity index is 1.75. The maximum atomic E-state index is 12.2. The van der Waals surface area contributed by atoms with Gasteiger partial charge in [0.15, 0.2) is 6.04 Å². The summed E-state index contributed by atoms with van der Waals surface area (Å²) in [6.07, 6.45) is 1.82. The summed E-state index contributed by atoms with van der Waals surface area (Å²) in [6.45, 7) is 1.79. The highest BCUT2D eigenvalue weighted by molar-refractivity contribution is 5.84. The zero-order valence-electron chi connectivity index (χ0n) is 13.8. The van der Waals surface area contributed by atoms with Gasteiger partial charge in [0.05, 0.1) is 6.61 Å². The fourth-order valence-electron chi connectivity index (χ4n) is 2.77. The molecule has 0 saturated heterocycles. The summed E-state index contributed by atoms with van der Waals surface area (Å²) in [5.41, 5.74) is 1.33. The monoisotopic (exact) mass is 360 g/mol. The number of carboxylic acids is 1. The van der Waals surface area contributed by atoms with Gasteiger partial charge in [0.25, 0.3) is 0 Å². The summed E-state index contributed by atoms with van der Waals surface area (Å²) in [6, 6.07) is 3.75. The molecule has 0 aliphatic carbocycles. The quantitative estimate of drug-likeness (QED) is 0.578. The third-order valence-corrected chi connectivity index (χ3v) is 4.06. The molecular formula is C16H16N4O6. The number of fused-ring (bicyclic) bond motifs is 1. The van der Waals surface area contributed by atoms with Crippen LogP contribution in [-0.4, -0.2) is 38.1 Å². The van der Waals surface area contributed by atoms with E-state index in [9.17, 15) is 24.8 Å². The summed E-state index contributed by atoms with van der Waals surface area (Å²) >= 11 is 0. The molecule has 3 rings (SSSR count). The van der Waals surface area contributed by atoms with Gasteiger partial charge in [0, 0.05) is 13.3 Å². The van der Waals surface area contributed by atoms with Crippen LogP contribution in [0.3, 0.4) is 0 Å². The number of amides is 1. The maximum absolute atomic E-state index is 12.2. The molecule has 136 valence electrons. The molecule has 0 saturated carbocycles. The van der Waals surface area contributed by atoms with Crippen LogP contribution in [0.5, 0.6) is 5.75 Å². The number of carbonyl (C=O) groups is 2. The van der Waals surface area contributed by atoms with E-state index in [4.69, 9.17) is 4.74 Å². The predicted octanol–water partition coefficient (Wildman–Crippen LogP) is 0.977. The molecule has 1 aliphatic rings. The number of aliphatic carboxylic acids is 1. The minimum absolute atomic E-state index is 0.273. The number of nitro groups is 1. The third kappa shape index (κ3) is 3.48. The van der Waals surface area contributed by atoms with Crippen LogP contribution in [0, 0.1) is 17.0 Å². The number of aromatic nitrogens is 2. The lowest BCUT2D eigenvalue weighted by Crippen LogP contribution is -2.36. The fourth-order valence-corrected chi connectivity index (χ4v) is 2.77. The number of carbonyl (C=O) groups excluding carboxylic acids is 1. The van der Waals surface area contributed by atoms with Crippen LogP contribution in [0.25, 0.3) is 0 Å². The Labute approximate surface area is 147 Å². The van der Waals surface area contributed by atoms with Crippen molar-refractivity contribution in [2.24, 2.45) is 0 Å². The van der Waals surface area contributed by atoms with E-state index in [0.29, 0.717) is 24.3 Å². The molecule has 26 heavy (non-hydrogen) atoms. The number of nitrogens with one attached hydrogen (secondary N) is 1. The van der Waals surface area contributed by atoms with E-state index in [1.54, 1.807) is 18.2 Å². The molecule has 2 heterocycles. The van der Waals surface area contributed by atoms with Crippen molar-refractivity contribution in [3.63, 3.8) is 0 Å². The van der Waals surface area contributed by atoms with Gasteiger partial charge in [0.1, 0.15) is 18.5 Å². The molecule has 0 fully saturated rings. The van der Waals surface area contributed by atoms with Crippen molar-refractivity contribution in [1.82, 2.24) is 14.9 Å². The molecule has 1 atom stereocenters. The average molecular weight is 360 g/mol. The molecule has 10 heteroatoms. The van der Waals surface area contributed by atoms with Crippen molar-refractivity contribution >= 4 is 17.7 Å². The average Bonchev–Trinajstić information content (AvgIpc) is 3.18. The predicted molar refractivity (Wildman–Crippen MR) is 87.8 cm³/mol. The summed E-state index contributed by atoms with van der Waals surface area (Å²) in [4.78, 5) is 37.7. The number of carboxylic acid groups (broad SMARTS) is 1. The molecule has 10 nitrogen and oxygen atoms in total. The van der Waals surface area contributed by atoms with Crippen LogP contribution in [0.1, 0.15) is 23.0 Å². The zero-order valence-corrected chi connectivity index (χ0v) is 13.8. The number of ether oxygens (including phenoxy) is 1. The minimum Gasteiger partial charge on any atom is -0.493 e. The number of hydrogen-bond acceptors (Lipinski definition) is 6. The smallest absolute Gasteiger partial charge is 0.381 e. The fraction of sp³-hybridized carbons (Fsp3) is 0.312. The van der Waals surface area contributed by atoms with Gasteiger partial charge in [-0.15, -0.1) is 0 Å². The van der Waals surface area contributed by atoms with Gasteiger partial charge >= 0.3 is 11.8 Å².